The monoisotopic (exact) mass is 424 g/mol. The van der Waals surface area contributed by atoms with Gasteiger partial charge in [-0.3, -0.25) is 0 Å². The van der Waals surface area contributed by atoms with Crippen LogP contribution in [0.2, 0.25) is 0 Å². The van der Waals surface area contributed by atoms with Crippen molar-refractivity contribution in [1.29, 1.82) is 0 Å². The number of benzene rings is 2. The molecule has 2 aromatic carbocycles. The Bertz CT molecular complexity index is 807. The van der Waals surface area contributed by atoms with Crippen molar-refractivity contribution in [3.8, 4) is 11.5 Å². The van der Waals surface area contributed by atoms with Crippen LogP contribution in [-0.4, -0.2) is 26.4 Å². The molecule has 2 saturated heterocycles. The molecule has 4 heteroatoms. The molecule has 2 aromatic rings. The van der Waals surface area contributed by atoms with Gasteiger partial charge < -0.3 is 18.9 Å². The molecule has 0 spiro atoms. The van der Waals surface area contributed by atoms with Crippen LogP contribution in [0.4, 0.5) is 0 Å². The minimum absolute atomic E-state index is 0.116. The van der Waals surface area contributed by atoms with Crippen molar-refractivity contribution >= 4 is 0 Å². The molecule has 0 radical (unpaired) electrons. The van der Waals surface area contributed by atoms with Gasteiger partial charge in [-0.25, -0.2) is 0 Å². The summed E-state index contributed by atoms with van der Waals surface area (Å²) in [6, 6.07) is 16.6. The van der Waals surface area contributed by atoms with Gasteiger partial charge in [0, 0.05) is 16.2 Å². The highest BCUT2D eigenvalue weighted by atomic mass is 16.5. The van der Waals surface area contributed by atoms with E-state index in [0.29, 0.717) is 13.2 Å². The Hall–Kier alpha value is -2.04. The van der Waals surface area contributed by atoms with Gasteiger partial charge in [-0.15, -0.1) is 0 Å². The van der Waals surface area contributed by atoms with E-state index < -0.39 is 0 Å². The van der Waals surface area contributed by atoms with Gasteiger partial charge in [0.05, 0.1) is 38.6 Å². The molecule has 4 rings (SSSR count). The molecule has 0 N–H and O–H groups in total. The second-order valence-electron chi connectivity index (χ2n) is 11.2. The predicted octanol–water partition coefficient (Wildman–Crippen LogP) is 6.37. The van der Waals surface area contributed by atoms with E-state index in [1.807, 2.05) is 24.3 Å². The molecule has 0 bridgehead atoms. The number of hydrogen-bond donors (Lipinski definition) is 0. The smallest absolute Gasteiger partial charge is 0.119 e. The highest BCUT2D eigenvalue weighted by Gasteiger charge is 2.41. The number of rotatable bonds is 8. The van der Waals surface area contributed by atoms with E-state index in [4.69, 9.17) is 18.9 Å². The lowest BCUT2D eigenvalue weighted by Crippen LogP contribution is -2.40. The molecule has 2 atom stereocenters. The van der Waals surface area contributed by atoms with Gasteiger partial charge in [-0.1, -0.05) is 65.8 Å². The van der Waals surface area contributed by atoms with Crippen LogP contribution < -0.4 is 9.47 Å². The van der Waals surface area contributed by atoms with Crippen molar-refractivity contribution in [2.24, 2.45) is 16.2 Å². The minimum atomic E-state index is -0.116. The molecule has 0 saturated carbocycles. The zero-order valence-electron chi connectivity index (χ0n) is 19.7. The van der Waals surface area contributed by atoms with Gasteiger partial charge in [0.1, 0.15) is 11.5 Å². The minimum Gasteiger partial charge on any atom is -0.493 e. The average Bonchev–Trinajstić information content (AvgIpc) is 2.71. The zero-order valence-corrected chi connectivity index (χ0v) is 19.7. The zero-order chi connectivity index (χ0) is 22.3. The Morgan fingerprint density at radius 2 is 1.06 bits per heavy atom. The molecule has 2 unspecified atom stereocenters. The normalized spacial score (nSPS) is 24.1. The van der Waals surface area contributed by atoms with E-state index >= 15 is 0 Å². The summed E-state index contributed by atoms with van der Waals surface area (Å²) in [4.78, 5) is 0. The topological polar surface area (TPSA) is 36.9 Å². The summed E-state index contributed by atoms with van der Waals surface area (Å²) < 4.78 is 23.6. The lowest BCUT2D eigenvalue weighted by Gasteiger charge is -2.44. The van der Waals surface area contributed by atoms with Crippen LogP contribution in [0.15, 0.2) is 48.5 Å². The fourth-order valence-electron chi connectivity index (χ4n) is 4.17. The van der Waals surface area contributed by atoms with Gasteiger partial charge in [-0.2, -0.15) is 0 Å². The Morgan fingerprint density at radius 1 is 0.710 bits per heavy atom. The third-order valence-corrected chi connectivity index (χ3v) is 6.29. The summed E-state index contributed by atoms with van der Waals surface area (Å²) in [7, 11) is 0. The van der Waals surface area contributed by atoms with Crippen LogP contribution in [0.5, 0.6) is 11.5 Å². The average molecular weight is 425 g/mol. The first-order valence-electron chi connectivity index (χ1n) is 11.2. The van der Waals surface area contributed by atoms with E-state index in [1.54, 1.807) is 0 Å². The Kier molecular flexibility index (Phi) is 5.82. The maximum absolute atomic E-state index is 6.06. The Balaban J connectivity index is 1.25. The summed E-state index contributed by atoms with van der Waals surface area (Å²) in [5, 5.41) is 0. The van der Waals surface area contributed by atoms with Gasteiger partial charge >= 0.3 is 0 Å². The van der Waals surface area contributed by atoms with Gasteiger partial charge in [0.2, 0.25) is 0 Å². The summed E-state index contributed by atoms with van der Waals surface area (Å²) in [5.74, 6) is 1.75. The molecular weight excluding hydrogens is 388 g/mol. The lowest BCUT2D eigenvalue weighted by atomic mass is 9.79. The summed E-state index contributed by atoms with van der Waals surface area (Å²) >= 11 is 0. The maximum atomic E-state index is 6.06. The number of hydrogen-bond acceptors (Lipinski definition) is 4. The maximum Gasteiger partial charge on any atom is 0.119 e. The van der Waals surface area contributed by atoms with E-state index in [9.17, 15) is 0 Å². The fraction of sp³-hybridized carbons (Fsp3) is 0.556. The van der Waals surface area contributed by atoms with Gasteiger partial charge in [0.25, 0.3) is 0 Å². The quantitative estimate of drug-likeness (QED) is 0.494. The molecule has 168 valence electrons. The first-order valence-corrected chi connectivity index (χ1v) is 11.2. The van der Waals surface area contributed by atoms with Crippen LogP contribution >= 0.6 is 0 Å². The third kappa shape index (κ3) is 4.91. The summed E-state index contributed by atoms with van der Waals surface area (Å²) in [5.41, 5.74) is 2.73. The van der Waals surface area contributed by atoms with E-state index in [2.05, 4.69) is 65.8 Å². The summed E-state index contributed by atoms with van der Waals surface area (Å²) in [6.45, 7) is 16.1. The molecule has 0 aromatic heterocycles. The first kappa shape index (κ1) is 22.2. The van der Waals surface area contributed by atoms with Crippen LogP contribution in [0.1, 0.15) is 64.9 Å². The van der Waals surface area contributed by atoms with E-state index in [1.165, 1.54) is 11.1 Å². The van der Waals surface area contributed by atoms with Gasteiger partial charge in [-0.05, 0) is 35.4 Å². The Labute approximate surface area is 186 Å². The molecule has 4 nitrogen and oxygen atoms in total. The van der Waals surface area contributed by atoms with Crippen molar-refractivity contribution in [1.82, 2.24) is 0 Å². The largest absolute Gasteiger partial charge is 0.493 e. The molecule has 2 aliphatic heterocycles. The highest BCUT2D eigenvalue weighted by molar-refractivity contribution is 5.31. The fourth-order valence-corrected chi connectivity index (χ4v) is 4.17. The van der Waals surface area contributed by atoms with Gasteiger partial charge in [0.15, 0.2) is 0 Å². The van der Waals surface area contributed by atoms with Crippen molar-refractivity contribution in [3.05, 3.63) is 59.7 Å². The lowest BCUT2D eigenvalue weighted by molar-refractivity contribution is -0.172. The van der Waals surface area contributed by atoms with Crippen molar-refractivity contribution in [2.45, 2.75) is 53.8 Å². The molecular formula is C27H36O4. The second-order valence-corrected chi connectivity index (χ2v) is 11.2. The van der Waals surface area contributed by atoms with Crippen molar-refractivity contribution < 1.29 is 18.9 Å². The van der Waals surface area contributed by atoms with E-state index in [0.717, 1.165) is 24.7 Å². The van der Waals surface area contributed by atoms with Crippen LogP contribution in [0, 0.1) is 16.2 Å². The van der Waals surface area contributed by atoms with Crippen molar-refractivity contribution in [2.75, 3.05) is 26.4 Å². The van der Waals surface area contributed by atoms with Crippen LogP contribution in [0.3, 0.4) is 0 Å². The van der Waals surface area contributed by atoms with Crippen LogP contribution in [0.25, 0.3) is 0 Å². The van der Waals surface area contributed by atoms with Crippen molar-refractivity contribution in [3.63, 3.8) is 0 Å². The molecule has 2 fully saturated rings. The first-order chi connectivity index (χ1) is 14.6. The predicted molar refractivity (Wildman–Crippen MR) is 123 cm³/mol. The molecule has 0 aliphatic carbocycles. The van der Waals surface area contributed by atoms with Crippen LogP contribution in [-0.2, 0) is 9.47 Å². The molecule has 0 amide bonds. The summed E-state index contributed by atoms with van der Waals surface area (Å²) in [6.07, 6.45) is 0.361. The Morgan fingerprint density at radius 3 is 1.32 bits per heavy atom. The standard InChI is InChI=1S/C27H36O4/c1-25(2,15-28-21-11-7-19(8-12-21)23-26(3,4)17-30-23)16-29-22-13-9-20(10-14-22)24-27(5,6)18-31-24/h7-14,23-24H,15-18H2,1-6H3. The van der Waals surface area contributed by atoms with E-state index in [-0.39, 0.29) is 28.5 Å². The molecule has 31 heavy (non-hydrogen) atoms. The third-order valence-electron chi connectivity index (χ3n) is 6.29. The second kappa shape index (κ2) is 8.14. The SMILES string of the molecule is CC(C)(COc1ccc(C2OCC2(C)C)cc1)COc1ccc(C2OCC2(C)C)cc1. The molecule has 2 aliphatic rings. The molecule has 2 heterocycles. The number of ether oxygens (including phenoxy) is 4. The highest BCUT2D eigenvalue weighted by Crippen LogP contribution is 2.46.